The molecule has 1 aromatic rings. The highest BCUT2D eigenvalue weighted by atomic mass is 16.6. The minimum Gasteiger partial charge on any atom is -0.444 e. The van der Waals surface area contributed by atoms with Crippen LogP contribution in [0.2, 0.25) is 0 Å². The lowest BCUT2D eigenvalue weighted by Gasteiger charge is -2.21. The van der Waals surface area contributed by atoms with Gasteiger partial charge in [-0.3, -0.25) is 4.79 Å². The second-order valence-corrected chi connectivity index (χ2v) is 6.82. The molecular weight excluding hydrogens is 324 g/mol. The fraction of sp³-hybridized carbons (Fsp3) is 0.556. The predicted octanol–water partition coefficient (Wildman–Crippen LogP) is 1.28. The molecule has 2 unspecified atom stereocenters. The lowest BCUT2D eigenvalue weighted by molar-refractivity contribution is -0.119. The van der Waals surface area contributed by atoms with Crippen molar-refractivity contribution in [2.45, 2.75) is 51.4 Å². The molecule has 7 nitrogen and oxygen atoms in total. The number of carbonyl (C=O) groups excluding carboxylic acids is 2. The van der Waals surface area contributed by atoms with Gasteiger partial charge in [-0.1, -0.05) is 24.3 Å². The van der Waals surface area contributed by atoms with Gasteiger partial charge < -0.3 is 25.6 Å². The van der Waals surface area contributed by atoms with Gasteiger partial charge in [0.1, 0.15) is 11.7 Å². The Hall–Kier alpha value is -2.12. The standard InChI is InChI=1S/C18H28N2O5/c1-18(2,3)25-17(24)20-10-9-14(21)16(23)13-7-5-12(6-8-13)11-15(22)19-4/h5-8,14,16,21,23H,9-11H2,1-4H3,(H,19,22)(H,20,24). The molecule has 1 aromatic carbocycles. The molecule has 2 amide bonds. The quantitative estimate of drug-likeness (QED) is 0.591. The van der Waals surface area contributed by atoms with E-state index in [1.807, 2.05) is 0 Å². The molecule has 0 bridgehead atoms. The number of ether oxygens (including phenoxy) is 1. The van der Waals surface area contributed by atoms with Crippen molar-refractivity contribution in [2.75, 3.05) is 13.6 Å². The monoisotopic (exact) mass is 352 g/mol. The first-order chi connectivity index (χ1) is 11.6. The van der Waals surface area contributed by atoms with Crippen LogP contribution >= 0.6 is 0 Å². The van der Waals surface area contributed by atoms with Gasteiger partial charge in [-0.2, -0.15) is 0 Å². The van der Waals surface area contributed by atoms with Crippen molar-refractivity contribution in [3.05, 3.63) is 35.4 Å². The maximum Gasteiger partial charge on any atom is 0.407 e. The Bertz CT molecular complexity index is 566. The molecule has 0 radical (unpaired) electrons. The highest BCUT2D eigenvalue weighted by Crippen LogP contribution is 2.19. The molecule has 2 atom stereocenters. The summed E-state index contributed by atoms with van der Waals surface area (Å²) in [5.74, 6) is -0.0958. The van der Waals surface area contributed by atoms with Gasteiger partial charge in [-0.25, -0.2) is 4.79 Å². The first kappa shape index (κ1) is 20.9. The highest BCUT2D eigenvalue weighted by molar-refractivity contribution is 5.78. The van der Waals surface area contributed by atoms with Crippen LogP contribution < -0.4 is 10.6 Å². The summed E-state index contributed by atoms with van der Waals surface area (Å²) in [5, 5.41) is 25.3. The summed E-state index contributed by atoms with van der Waals surface area (Å²) in [7, 11) is 1.57. The lowest BCUT2D eigenvalue weighted by Crippen LogP contribution is -2.34. The summed E-state index contributed by atoms with van der Waals surface area (Å²) >= 11 is 0. The maximum atomic E-state index is 11.5. The Kier molecular flexibility index (Phi) is 7.86. The number of likely N-dealkylation sites (N-methyl/N-ethyl adjacent to an activating group) is 1. The van der Waals surface area contributed by atoms with Gasteiger partial charge in [0.05, 0.1) is 12.5 Å². The van der Waals surface area contributed by atoms with Crippen LogP contribution in [0.25, 0.3) is 0 Å². The van der Waals surface area contributed by atoms with Crippen molar-refractivity contribution in [2.24, 2.45) is 0 Å². The van der Waals surface area contributed by atoms with Gasteiger partial charge in [0, 0.05) is 13.6 Å². The molecule has 7 heteroatoms. The summed E-state index contributed by atoms with van der Waals surface area (Å²) < 4.78 is 5.09. The zero-order chi connectivity index (χ0) is 19.0. The van der Waals surface area contributed by atoms with Crippen LogP contribution in [0.1, 0.15) is 44.4 Å². The van der Waals surface area contributed by atoms with Gasteiger partial charge in [-0.05, 0) is 38.3 Å². The number of hydrogen-bond donors (Lipinski definition) is 4. The molecule has 0 aliphatic carbocycles. The number of rotatable bonds is 7. The largest absolute Gasteiger partial charge is 0.444 e. The van der Waals surface area contributed by atoms with E-state index >= 15 is 0 Å². The maximum absolute atomic E-state index is 11.5. The molecule has 0 aliphatic heterocycles. The minimum atomic E-state index is -1.07. The number of nitrogens with one attached hydrogen (secondary N) is 2. The van der Waals surface area contributed by atoms with Crippen LogP contribution in [-0.4, -0.2) is 47.5 Å². The Morgan fingerprint density at radius 2 is 1.76 bits per heavy atom. The highest BCUT2D eigenvalue weighted by Gasteiger charge is 2.20. The fourth-order valence-electron chi connectivity index (χ4n) is 2.12. The number of aliphatic hydroxyl groups is 2. The van der Waals surface area contributed by atoms with Gasteiger partial charge in [0.15, 0.2) is 0 Å². The van der Waals surface area contributed by atoms with Crippen LogP contribution in [-0.2, 0) is 16.0 Å². The molecule has 0 spiro atoms. The van der Waals surface area contributed by atoms with E-state index in [2.05, 4.69) is 10.6 Å². The lowest BCUT2D eigenvalue weighted by atomic mass is 10.00. The van der Waals surface area contributed by atoms with E-state index < -0.39 is 23.9 Å². The number of aliphatic hydroxyl groups excluding tert-OH is 2. The molecule has 140 valence electrons. The minimum absolute atomic E-state index is 0.0958. The average molecular weight is 352 g/mol. The van der Waals surface area contributed by atoms with Crippen molar-refractivity contribution in [3.63, 3.8) is 0 Å². The number of alkyl carbamates (subject to hydrolysis) is 1. The van der Waals surface area contributed by atoms with E-state index in [-0.39, 0.29) is 25.3 Å². The molecule has 0 aliphatic rings. The van der Waals surface area contributed by atoms with E-state index in [0.717, 1.165) is 5.56 Å². The van der Waals surface area contributed by atoms with Crippen LogP contribution in [0.4, 0.5) is 4.79 Å². The smallest absolute Gasteiger partial charge is 0.407 e. The number of amides is 2. The molecule has 0 saturated carbocycles. The fourth-order valence-corrected chi connectivity index (χ4v) is 2.12. The third-order valence-electron chi connectivity index (χ3n) is 3.44. The summed E-state index contributed by atoms with van der Waals surface area (Å²) in [6, 6.07) is 6.82. The van der Waals surface area contributed by atoms with Crippen molar-refractivity contribution >= 4 is 12.0 Å². The second kappa shape index (κ2) is 9.39. The molecule has 0 aromatic heterocycles. The van der Waals surface area contributed by atoms with E-state index in [1.54, 1.807) is 52.1 Å². The van der Waals surface area contributed by atoms with Gasteiger partial charge >= 0.3 is 6.09 Å². The molecule has 0 saturated heterocycles. The topological polar surface area (TPSA) is 108 Å². The molecular formula is C18H28N2O5. The Labute approximate surface area is 148 Å². The van der Waals surface area contributed by atoms with E-state index in [4.69, 9.17) is 4.74 Å². The third-order valence-corrected chi connectivity index (χ3v) is 3.44. The molecule has 0 heterocycles. The molecule has 0 fully saturated rings. The molecule has 25 heavy (non-hydrogen) atoms. The zero-order valence-corrected chi connectivity index (χ0v) is 15.2. The van der Waals surface area contributed by atoms with Crippen LogP contribution in [0.3, 0.4) is 0 Å². The van der Waals surface area contributed by atoms with Crippen molar-refractivity contribution < 1.29 is 24.5 Å². The summed E-state index contributed by atoms with van der Waals surface area (Å²) in [6.07, 6.45) is -2.22. The van der Waals surface area contributed by atoms with Gasteiger partial charge in [0.25, 0.3) is 0 Å². The predicted molar refractivity (Wildman–Crippen MR) is 94.0 cm³/mol. The van der Waals surface area contributed by atoms with Crippen molar-refractivity contribution in [3.8, 4) is 0 Å². The zero-order valence-electron chi connectivity index (χ0n) is 15.2. The Morgan fingerprint density at radius 3 is 2.28 bits per heavy atom. The van der Waals surface area contributed by atoms with Crippen LogP contribution in [0, 0.1) is 0 Å². The van der Waals surface area contributed by atoms with E-state index in [1.165, 1.54) is 0 Å². The average Bonchev–Trinajstić information content (AvgIpc) is 2.53. The Morgan fingerprint density at radius 1 is 1.16 bits per heavy atom. The third kappa shape index (κ3) is 8.00. The SMILES string of the molecule is CNC(=O)Cc1ccc(C(O)C(O)CCNC(=O)OC(C)(C)C)cc1. The molecule has 1 rings (SSSR count). The normalized spacial score (nSPS) is 13.7. The first-order valence-electron chi connectivity index (χ1n) is 8.25. The van der Waals surface area contributed by atoms with Gasteiger partial charge in [0.2, 0.25) is 5.91 Å². The van der Waals surface area contributed by atoms with Crippen LogP contribution in [0.5, 0.6) is 0 Å². The van der Waals surface area contributed by atoms with Crippen molar-refractivity contribution in [1.29, 1.82) is 0 Å². The van der Waals surface area contributed by atoms with Crippen molar-refractivity contribution in [1.82, 2.24) is 10.6 Å². The second-order valence-electron chi connectivity index (χ2n) is 6.82. The molecule has 4 N–H and O–H groups in total. The van der Waals surface area contributed by atoms with Gasteiger partial charge in [-0.15, -0.1) is 0 Å². The van der Waals surface area contributed by atoms with E-state index in [9.17, 15) is 19.8 Å². The summed E-state index contributed by atoms with van der Waals surface area (Å²) in [4.78, 5) is 22.8. The number of benzene rings is 1. The van der Waals surface area contributed by atoms with Crippen LogP contribution in [0.15, 0.2) is 24.3 Å². The number of carbonyl (C=O) groups is 2. The summed E-state index contributed by atoms with van der Waals surface area (Å²) in [6.45, 7) is 5.47. The number of hydrogen-bond acceptors (Lipinski definition) is 5. The summed E-state index contributed by atoms with van der Waals surface area (Å²) in [5.41, 5.74) is 0.778. The Balaban J connectivity index is 2.46. The van der Waals surface area contributed by atoms with E-state index in [0.29, 0.717) is 5.56 Å². The first-order valence-corrected chi connectivity index (χ1v) is 8.25.